The minimum Gasteiger partial charge on any atom is -0.473 e. The van der Waals surface area contributed by atoms with Crippen molar-refractivity contribution in [3.05, 3.63) is 35.5 Å². The third-order valence-electron chi connectivity index (χ3n) is 2.56. The van der Waals surface area contributed by atoms with Gasteiger partial charge in [-0.15, -0.1) is 4.37 Å². The van der Waals surface area contributed by atoms with E-state index in [1.54, 1.807) is 0 Å². The van der Waals surface area contributed by atoms with Crippen LogP contribution in [0.2, 0.25) is 0 Å². The summed E-state index contributed by atoms with van der Waals surface area (Å²) in [6.07, 6.45) is 0.487. The predicted molar refractivity (Wildman–Crippen MR) is 71.0 cm³/mol. The van der Waals surface area contributed by atoms with E-state index >= 15 is 0 Å². The van der Waals surface area contributed by atoms with E-state index in [9.17, 15) is 13.9 Å². The number of aliphatic hydroxyl groups excluding tert-OH is 1. The van der Waals surface area contributed by atoms with E-state index in [0.29, 0.717) is 11.4 Å². The number of nitrogens with one attached hydrogen (secondary N) is 1. The Morgan fingerprint density at radius 1 is 1.45 bits per heavy atom. The molecule has 0 saturated carbocycles. The summed E-state index contributed by atoms with van der Waals surface area (Å²) in [4.78, 5) is 0. The van der Waals surface area contributed by atoms with Crippen molar-refractivity contribution in [1.29, 1.82) is 0 Å². The highest BCUT2D eigenvalue weighted by molar-refractivity contribution is 6.99. The number of ether oxygens (including phenoxy) is 1. The average molecular weight is 301 g/mol. The molecular weight excluding hydrogens is 288 g/mol. The summed E-state index contributed by atoms with van der Waals surface area (Å²) in [5.74, 6) is -1.06. The molecule has 108 valence electrons. The first kappa shape index (κ1) is 14.6. The van der Waals surface area contributed by atoms with E-state index in [0.717, 1.165) is 11.7 Å². The van der Waals surface area contributed by atoms with Gasteiger partial charge in [0.15, 0.2) is 5.82 Å². The molecule has 0 saturated heterocycles. The van der Waals surface area contributed by atoms with Crippen LogP contribution in [0.1, 0.15) is 5.56 Å². The standard InChI is InChI=1S/C12H13F2N3O2S/c1-7-2-3-9(13)12(11(7)14)15-4-8(18)6-19-10-5-16-20-17-10/h2-3,5,8,15,18H,4,6H2,1H3. The molecule has 1 unspecified atom stereocenters. The molecule has 0 fully saturated rings. The Hall–Kier alpha value is -1.80. The van der Waals surface area contributed by atoms with Gasteiger partial charge in [0.1, 0.15) is 30.4 Å². The fourth-order valence-electron chi connectivity index (χ4n) is 1.50. The van der Waals surface area contributed by atoms with E-state index in [1.807, 2.05) is 0 Å². The molecule has 0 aliphatic heterocycles. The monoisotopic (exact) mass is 301 g/mol. The second kappa shape index (κ2) is 6.58. The summed E-state index contributed by atoms with van der Waals surface area (Å²) in [7, 11) is 0. The highest BCUT2D eigenvalue weighted by atomic mass is 32.1. The van der Waals surface area contributed by atoms with Gasteiger partial charge in [-0.3, -0.25) is 0 Å². The molecule has 0 radical (unpaired) electrons. The van der Waals surface area contributed by atoms with Crippen LogP contribution in [0.3, 0.4) is 0 Å². The van der Waals surface area contributed by atoms with Crippen LogP contribution in [0.25, 0.3) is 0 Å². The average Bonchev–Trinajstić information content (AvgIpc) is 2.94. The zero-order valence-electron chi connectivity index (χ0n) is 10.6. The molecule has 0 aliphatic rings. The molecule has 1 heterocycles. The molecule has 2 rings (SSSR count). The molecule has 1 atom stereocenters. The van der Waals surface area contributed by atoms with Crippen LogP contribution < -0.4 is 10.1 Å². The lowest BCUT2D eigenvalue weighted by Crippen LogP contribution is -2.27. The SMILES string of the molecule is Cc1ccc(F)c(NCC(O)COc2cnsn2)c1F. The molecule has 0 aliphatic carbocycles. The Bertz CT molecular complexity index is 566. The van der Waals surface area contributed by atoms with E-state index in [4.69, 9.17) is 4.74 Å². The maximum atomic E-state index is 13.7. The summed E-state index contributed by atoms with van der Waals surface area (Å²) in [5, 5.41) is 12.2. The Balaban J connectivity index is 1.87. The molecule has 2 aromatic rings. The quantitative estimate of drug-likeness (QED) is 0.854. The van der Waals surface area contributed by atoms with Gasteiger partial charge in [-0.25, -0.2) is 8.78 Å². The van der Waals surface area contributed by atoms with Gasteiger partial charge in [0.05, 0.1) is 11.7 Å². The Morgan fingerprint density at radius 2 is 2.25 bits per heavy atom. The van der Waals surface area contributed by atoms with Gasteiger partial charge < -0.3 is 15.2 Å². The van der Waals surface area contributed by atoms with E-state index < -0.39 is 17.7 Å². The van der Waals surface area contributed by atoms with Crippen molar-refractivity contribution >= 4 is 17.4 Å². The molecule has 0 spiro atoms. The Morgan fingerprint density at radius 3 is 2.95 bits per heavy atom. The van der Waals surface area contributed by atoms with Crippen LogP contribution >= 0.6 is 11.7 Å². The molecular formula is C12H13F2N3O2S. The van der Waals surface area contributed by atoms with Crippen molar-refractivity contribution in [2.45, 2.75) is 13.0 Å². The number of rotatable bonds is 6. The van der Waals surface area contributed by atoms with Crippen molar-refractivity contribution < 1.29 is 18.6 Å². The first-order valence-electron chi connectivity index (χ1n) is 5.85. The van der Waals surface area contributed by atoms with Crippen LogP contribution in [0, 0.1) is 18.6 Å². The lowest BCUT2D eigenvalue weighted by molar-refractivity contribution is 0.115. The van der Waals surface area contributed by atoms with Crippen LogP contribution in [0.15, 0.2) is 18.3 Å². The van der Waals surface area contributed by atoms with Crippen molar-refractivity contribution in [1.82, 2.24) is 8.75 Å². The zero-order valence-corrected chi connectivity index (χ0v) is 11.5. The molecule has 8 heteroatoms. The molecule has 0 amide bonds. The summed E-state index contributed by atoms with van der Waals surface area (Å²) in [6.45, 7) is 1.44. The third-order valence-corrected chi connectivity index (χ3v) is 3.02. The number of aliphatic hydroxyl groups is 1. The number of aryl methyl sites for hydroxylation is 1. The van der Waals surface area contributed by atoms with Crippen LogP contribution in [0.5, 0.6) is 5.88 Å². The van der Waals surface area contributed by atoms with Crippen LogP contribution in [-0.2, 0) is 0 Å². The zero-order chi connectivity index (χ0) is 14.5. The molecule has 20 heavy (non-hydrogen) atoms. The maximum absolute atomic E-state index is 13.7. The largest absolute Gasteiger partial charge is 0.473 e. The summed E-state index contributed by atoms with van der Waals surface area (Å²) >= 11 is 0.986. The van der Waals surface area contributed by atoms with Gasteiger partial charge in [0.25, 0.3) is 0 Å². The summed E-state index contributed by atoms with van der Waals surface area (Å²) in [6, 6.07) is 2.52. The van der Waals surface area contributed by atoms with Gasteiger partial charge in [0.2, 0.25) is 5.88 Å². The molecule has 1 aromatic heterocycles. The Labute approximate surface area is 118 Å². The van der Waals surface area contributed by atoms with Gasteiger partial charge in [-0.2, -0.15) is 4.37 Å². The lowest BCUT2D eigenvalue weighted by Gasteiger charge is -2.14. The smallest absolute Gasteiger partial charge is 0.245 e. The van der Waals surface area contributed by atoms with Crippen LogP contribution in [-0.4, -0.2) is 33.1 Å². The molecule has 0 bridgehead atoms. The number of nitrogens with zero attached hydrogens (tertiary/aromatic N) is 2. The minimum absolute atomic E-state index is 0.0468. The number of aromatic nitrogens is 2. The van der Waals surface area contributed by atoms with Gasteiger partial charge in [-0.05, 0) is 18.6 Å². The normalized spacial score (nSPS) is 12.2. The van der Waals surface area contributed by atoms with E-state index in [2.05, 4.69) is 14.1 Å². The molecule has 5 nitrogen and oxygen atoms in total. The van der Waals surface area contributed by atoms with Gasteiger partial charge >= 0.3 is 0 Å². The number of hydrogen-bond acceptors (Lipinski definition) is 6. The number of hydrogen-bond donors (Lipinski definition) is 2. The van der Waals surface area contributed by atoms with E-state index in [1.165, 1.54) is 25.3 Å². The van der Waals surface area contributed by atoms with Crippen LogP contribution in [0.4, 0.5) is 14.5 Å². The third kappa shape index (κ3) is 3.61. The van der Waals surface area contributed by atoms with Crippen molar-refractivity contribution in [3.8, 4) is 5.88 Å². The highest BCUT2D eigenvalue weighted by Crippen LogP contribution is 2.21. The number of anilines is 1. The number of benzene rings is 1. The van der Waals surface area contributed by atoms with Crippen molar-refractivity contribution in [2.24, 2.45) is 0 Å². The first-order valence-corrected chi connectivity index (χ1v) is 6.58. The second-order valence-electron chi connectivity index (χ2n) is 4.14. The molecule has 1 aromatic carbocycles. The topological polar surface area (TPSA) is 67.3 Å². The van der Waals surface area contributed by atoms with E-state index in [-0.39, 0.29) is 18.8 Å². The number of halogens is 2. The minimum atomic E-state index is -0.934. The van der Waals surface area contributed by atoms with Crippen molar-refractivity contribution in [3.63, 3.8) is 0 Å². The first-order chi connectivity index (χ1) is 9.58. The van der Waals surface area contributed by atoms with Gasteiger partial charge in [0, 0.05) is 6.54 Å². The fourth-order valence-corrected chi connectivity index (χ4v) is 1.86. The predicted octanol–water partition coefficient (Wildman–Crippen LogP) is 1.98. The molecule has 2 N–H and O–H groups in total. The summed E-state index contributed by atoms with van der Waals surface area (Å²) in [5.41, 5.74) is 0.0764. The Kier molecular flexibility index (Phi) is 4.80. The maximum Gasteiger partial charge on any atom is 0.245 e. The van der Waals surface area contributed by atoms with Crippen molar-refractivity contribution in [2.75, 3.05) is 18.5 Å². The highest BCUT2D eigenvalue weighted by Gasteiger charge is 2.13. The lowest BCUT2D eigenvalue weighted by atomic mass is 10.2. The second-order valence-corrected chi connectivity index (χ2v) is 4.70. The van der Waals surface area contributed by atoms with Gasteiger partial charge in [-0.1, -0.05) is 6.07 Å². The summed E-state index contributed by atoms with van der Waals surface area (Å²) < 4.78 is 39.8. The fraction of sp³-hybridized carbons (Fsp3) is 0.333.